The van der Waals surface area contributed by atoms with Crippen LogP contribution in [0.4, 0.5) is 0 Å². The topological polar surface area (TPSA) is 74.2 Å². The largest absolute Gasteiger partial charge is 0.483 e. The van der Waals surface area contributed by atoms with Crippen molar-refractivity contribution in [2.75, 3.05) is 0 Å². The van der Waals surface area contributed by atoms with Crippen LogP contribution in [0.5, 0.6) is 5.75 Å². The second kappa shape index (κ2) is 6.16. The molecule has 6 heteroatoms. The summed E-state index contributed by atoms with van der Waals surface area (Å²) < 4.78 is 12.1. The quantitative estimate of drug-likeness (QED) is 0.914. The fraction of sp³-hybridized carbons (Fsp3) is 0.385. The highest BCUT2D eigenvalue weighted by Crippen LogP contribution is 2.28. The van der Waals surface area contributed by atoms with Gasteiger partial charge in [-0.15, -0.1) is 10.2 Å². The van der Waals surface area contributed by atoms with Gasteiger partial charge in [-0.1, -0.05) is 22.9 Å². The zero-order valence-electron chi connectivity index (χ0n) is 10.9. The predicted molar refractivity (Wildman–Crippen MR) is 74.8 cm³/mol. The molecule has 0 amide bonds. The van der Waals surface area contributed by atoms with Crippen LogP contribution in [0.15, 0.2) is 27.1 Å². The van der Waals surface area contributed by atoms with Crippen LogP contribution in [0.2, 0.25) is 0 Å². The van der Waals surface area contributed by atoms with Crippen molar-refractivity contribution in [2.45, 2.75) is 32.9 Å². The smallest absolute Gasteiger partial charge is 0.253 e. The van der Waals surface area contributed by atoms with E-state index in [1.807, 2.05) is 32.0 Å². The summed E-state index contributed by atoms with van der Waals surface area (Å²) in [7, 11) is 0. The molecule has 2 aromatic rings. The van der Waals surface area contributed by atoms with Crippen molar-refractivity contribution in [1.29, 1.82) is 0 Å². The summed E-state index contributed by atoms with van der Waals surface area (Å²) in [5.74, 6) is 1.81. The van der Waals surface area contributed by atoms with Gasteiger partial charge in [-0.3, -0.25) is 0 Å². The summed E-state index contributed by atoms with van der Waals surface area (Å²) in [6, 6.07) is 5.62. The Kier molecular flexibility index (Phi) is 4.55. The van der Waals surface area contributed by atoms with E-state index in [-0.39, 0.29) is 12.6 Å². The summed E-state index contributed by atoms with van der Waals surface area (Å²) in [5.41, 5.74) is 6.86. The summed E-state index contributed by atoms with van der Waals surface area (Å²) in [5, 5.41) is 7.80. The number of nitrogens with two attached hydrogens (primary N) is 1. The molecular weight excluding hydrogens is 310 g/mol. The number of halogens is 1. The number of ether oxygens (including phenoxy) is 1. The first kappa shape index (κ1) is 14.0. The molecule has 0 saturated carbocycles. The molecule has 1 heterocycles. The van der Waals surface area contributed by atoms with E-state index < -0.39 is 0 Å². The van der Waals surface area contributed by atoms with Gasteiger partial charge in [-0.2, -0.15) is 0 Å². The number of hydrogen-bond donors (Lipinski definition) is 1. The Morgan fingerprint density at radius 3 is 2.74 bits per heavy atom. The molecule has 0 aliphatic rings. The average Bonchev–Trinajstić information content (AvgIpc) is 2.85. The van der Waals surface area contributed by atoms with Gasteiger partial charge in [0, 0.05) is 22.5 Å². The first-order valence-corrected chi connectivity index (χ1v) is 6.88. The zero-order chi connectivity index (χ0) is 13.8. The molecule has 102 valence electrons. The van der Waals surface area contributed by atoms with Crippen LogP contribution in [-0.4, -0.2) is 10.2 Å². The fourth-order valence-corrected chi connectivity index (χ4v) is 2.01. The van der Waals surface area contributed by atoms with Crippen molar-refractivity contribution in [3.05, 3.63) is 40.0 Å². The van der Waals surface area contributed by atoms with Crippen molar-refractivity contribution in [1.82, 2.24) is 10.2 Å². The molecule has 1 aromatic heterocycles. The molecule has 0 aliphatic carbocycles. The number of hydrogen-bond acceptors (Lipinski definition) is 5. The Hall–Kier alpha value is -1.40. The van der Waals surface area contributed by atoms with E-state index >= 15 is 0 Å². The number of nitrogens with zero attached hydrogens (tertiary/aromatic N) is 2. The van der Waals surface area contributed by atoms with Crippen molar-refractivity contribution < 1.29 is 9.15 Å². The van der Waals surface area contributed by atoms with Gasteiger partial charge in [-0.05, 0) is 25.1 Å². The number of rotatable bonds is 5. The van der Waals surface area contributed by atoms with Crippen molar-refractivity contribution >= 4 is 15.9 Å². The Balaban J connectivity index is 2.10. The SMILES string of the molecule is CCc1nnc(COc2ccc(Br)cc2C(C)N)o1. The molecule has 0 aliphatic heterocycles. The van der Waals surface area contributed by atoms with Gasteiger partial charge in [-0.25, -0.2) is 0 Å². The normalized spacial score (nSPS) is 12.4. The minimum Gasteiger partial charge on any atom is -0.483 e. The van der Waals surface area contributed by atoms with Crippen LogP contribution in [-0.2, 0) is 13.0 Å². The lowest BCUT2D eigenvalue weighted by Gasteiger charge is -2.13. The molecule has 19 heavy (non-hydrogen) atoms. The van der Waals surface area contributed by atoms with Gasteiger partial charge < -0.3 is 14.9 Å². The van der Waals surface area contributed by atoms with E-state index in [1.54, 1.807) is 0 Å². The second-order valence-corrected chi connectivity index (χ2v) is 5.12. The molecule has 0 radical (unpaired) electrons. The van der Waals surface area contributed by atoms with Crippen molar-refractivity contribution in [3.8, 4) is 5.75 Å². The second-order valence-electron chi connectivity index (χ2n) is 4.20. The fourth-order valence-electron chi connectivity index (χ4n) is 1.64. The Bertz CT molecular complexity index is 555. The lowest BCUT2D eigenvalue weighted by molar-refractivity contribution is 0.256. The minimum atomic E-state index is -0.110. The van der Waals surface area contributed by atoms with Crippen LogP contribution < -0.4 is 10.5 Å². The average molecular weight is 326 g/mol. The maximum Gasteiger partial charge on any atom is 0.253 e. The van der Waals surface area contributed by atoms with Gasteiger partial charge in [0.2, 0.25) is 5.89 Å². The molecule has 1 unspecified atom stereocenters. The van der Waals surface area contributed by atoms with Crippen molar-refractivity contribution in [3.63, 3.8) is 0 Å². The monoisotopic (exact) mass is 325 g/mol. The maximum absolute atomic E-state index is 5.93. The van der Waals surface area contributed by atoms with Gasteiger partial charge in [0.1, 0.15) is 5.75 Å². The Morgan fingerprint density at radius 1 is 1.37 bits per heavy atom. The molecule has 1 aromatic carbocycles. The van der Waals surface area contributed by atoms with Gasteiger partial charge in [0.25, 0.3) is 5.89 Å². The van der Waals surface area contributed by atoms with Gasteiger partial charge >= 0.3 is 0 Å². The van der Waals surface area contributed by atoms with E-state index in [1.165, 1.54) is 0 Å². The van der Waals surface area contributed by atoms with Crippen LogP contribution in [0.1, 0.15) is 37.2 Å². The van der Waals surface area contributed by atoms with Gasteiger partial charge in [0.05, 0.1) is 0 Å². The molecule has 2 N–H and O–H groups in total. The third-order valence-electron chi connectivity index (χ3n) is 2.62. The van der Waals surface area contributed by atoms with Crippen LogP contribution >= 0.6 is 15.9 Å². The molecule has 0 bridgehead atoms. The van der Waals surface area contributed by atoms with Crippen LogP contribution in [0, 0.1) is 0 Å². The molecular formula is C13H16BrN3O2. The number of aromatic nitrogens is 2. The Labute approximate surface area is 120 Å². The van der Waals surface area contributed by atoms with Crippen LogP contribution in [0.3, 0.4) is 0 Å². The lowest BCUT2D eigenvalue weighted by Crippen LogP contribution is -2.08. The highest BCUT2D eigenvalue weighted by atomic mass is 79.9. The summed E-state index contributed by atoms with van der Waals surface area (Å²) in [4.78, 5) is 0. The van der Waals surface area contributed by atoms with E-state index in [0.717, 1.165) is 22.2 Å². The first-order valence-electron chi connectivity index (χ1n) is 6.09. The zero-order valence-corrected chi connectivity index (χ0v) is 12.5. The van der Waals surface area contributed by atoms with Crippen molar-refractivity contribution in [2.24, 2.45) is 5.73 Å². The van der Waals surface area contributed by atoms with E-state index in [4.69, 9.17) is 14.9 Å². The van der Waals surface area contributed by atoms with E-state index in [2.05, 4.69) is 26.1 Å². The summed E-state index contributed by atoms with van der Waals surface area (Å²) in [6.45, 7) is 4.12. The molecule has 0 fully saturated rings. The molecule has 1 atom stereocenters. The third-order valence-corrected chi connectivity index (χ3v) is 3.12. The third kappa shape index (κ3) is 3.54. The molecule has 2 rings (SSSR count). The first-order chi connectivity index (χ1) is 9.10. The standard InChI is InChI=1S/C13H16BrN3O2/c1-3-12-16-17-13(19-12)7-18-11-5-4-9(14)6-10(11)8(2)15/h4-6,8H,3,7,15H2,1-2H3. The van der Waals surface area contributed by atoms with Crippen LogP contribution in [0.25, 0.3) is 0 Å². The lowest BCUT2D eigenvalue weighted by atomic mass is 10.1. The summed E-state index contributed by atoms with van der Waals surface area (Å²) in [6.07, 6.45) is 0.719. The number of aryl methyl sites for hydroxylation is 1. The molecule has 0 saturated heterocycles. The highest BCUT2D eigenvalue weighted by molar-refractivity contribution is 9.10. The number of benzene rings is 1. The molecule has 5 nitrogen and oxygen atoms in total. The minimum absolute atomic E-state index is 0.110. The van der Waals surface area contributed by atoms with Gasteiger partial charge in [0.15, 0.2) is 6.61 Å². The summed E-state index contributed by atoms with van der Waals surface area (Å²) >= 11 is 3.42. The van der Waals surface area contributed by atoms with E-state index in [9.17, 15) is 0 Å². The maximum atomic E-state index is 5.93. The predicted octanol–water partition coefficient (Wildman–Crippen LogP) is 2.99. The van der Waals surface area contributed by atoms with E-state index in [0.29, 0.717) is 11.8 Å². The highest BCUT2D eigenvalue weighted by Gasteiger charge is 2.11. The Morgan fingerprint density at radius 2 is 2.11 bits per heavy atom. The molecule has 0 spiro atoms.